The predicted molar refractivity (Wildman–Crippen MR) is 66.3 cm³/mol. The first-order valence-corrected chi connectivity index (χ1v) is 5.79. The Morgan fingerprint density at radius 1 is 0.952 bits per heavy atom. The summed E-state index contributed by atoms with van der Waals surface area (Å²) in [4.78, 5) is 43.2. The minimum absolute atomic E-state index is 0.165. The van der Waals surface area contributed by atoms with E-state index in [2.05, 4.69) is 0 Å². The zero-order valence-corrected chi connectivity index (χ0v) is 10.7. The van der Waals surface area contributed by atoms with Gasteiger partial charge in [0.25, 0.3) is 0 Å². The van der Waals surface area contributed by atoms with Crippen LogP contribution in [0.2, 0.25) is 0 Å². The van der Waals surface area contributed by atoms with Gasteiger partial charge >= 0.3 is 23.9 Å². The maximum absolute atomic E-state index is 11.0. The van der Waals surface area contributed by atoms with Crippen molar-refractivity contribution in [2.45, 2.75) is 25.3 Å². The summed E-state index contributed by atoms with van der Waals surface area (Å²) < 4.78 is 0.927. The quantitative estimate of drug-likeness (QED) is 0.534. The Bertz CT molecular complexity index is 572. The molecule has 9 heteroatoms. The topological polar surface area (TPSA) is 154 Å². The average molecular weight is 299 g/mol. The Hall–Kier alpha value is -2.84. The van der Waals surface area contributed by atoms with E-state index in [1.165, 1.54) is 0 Å². The predicted octanol–water partition coefficient (Wildman–Crippen LogP) is 0.304. The highest BCUT2D eigenvalue weighted by atomic mass is 16.4. The molecule has 0 unspecified atom stereocenters. The largest absolute Gasteiger partial charge is 0.481 e. The molecule has 0 aliphatic heterocycles. The summed E-state index contributed by atoms with van der Waals surface area (Å²) >= 11 is 0. The van der Waals surface area contributed by atoms with Crippen molar-refractivity contribution in [1.29, 1.82) is 0 Å². The Morgan fingerprint density at radius 3 is 1.86 bits per heavy atom. The van der Waals surface area contributed by atoms with Gasteiger partial charge in [0.15, 0.2) is 0 Å². The van der Waals surface area contributed by atoms with Gasteiger partial charge in [-0.15, -0.1) is 0 Å². The number of hydrogen-bond acceptors (Lipinski definition) is 4. The lowest BCUT2D eigenvalue weighted by Gasteiger charge is -2.10. The number of rotatable bonds is 8. The molecule has 0 aromatic carbocycles. The number of aromatic nitrogens is 1. The molecule has 1 rings (SSSR count). The third-order valence-electron chi connectivity index (χ3n) is 2.76. The molecule has 1 aromatic heterocycles. The molecule has 114 valence electrons. The first-order valence-electron chi connectivity index (χ1n) is 5.79. The molecule has 0 saturated carbocycles. The molecule has 0 fully saturated rings. The summed E-state index contributed by atoms with van der Waals surface area (Å²) in [5, 5.41) is 35.3. The monoisotopic (exact) mass is 299 g/mol. The van der Waals surface area contributed by atoms with E-state index in [0.717, 1.165) is 16.8 Å². The fraction of sp³-hybridized carbons (Fsp3) is 0.333. The molecule has 9 nitrogen and oxygen atoms in total. The molecule has 4 N–H and O–H groups in total. The van der Waals surface area contributed by atoms with Crippen LogP contribution in [0.15, 0.2) is 12.3 Å². The minimum atomic E-state index is -1.38. The van der Waals surface area contributed by atoms with Crippen molar-refractivity contribution >= 4 is 23.9 Å². The van der Waals surface area contributed by atoms with Gasteiger partial charge in [-0.3, -0.25) is 14.4 Å². The van der Waals surface area contributed by atoms with E-state index in [1.54, 1.807) is 0 Å². The maximum atomic E-state index is 11.0. The Balaban J connectivity index is 3.18. The fourth-order valence-electron chi connectivity index (χ4n) is 1.94. The highest BCUT2D eigenvalue weighted by Crippen LogP contribution is 2.26. The van der Waals surface area contributed by atoms with Gasteiger partial charge in [-0.05, 0) is 11.6 Å². The van der Waals surface area contributed by atoms with E-state index in [0.29, 0.717) is 0 Å². The van der Waals surface area contributed by atoms with Crippen molar-refractivity contribution in [3.8, 4) is 0 Å². The summed E-state index contributed by atoms with van der Waals surface area (Å²) in [6.45, 7) is -0.617. The van der Waals surface area contributed by atoms with Crippen molar-refractivity contribution < 1.29 is 39.6 Å². The molecule has 0 atom stereocenters. The van der Waals surface area contributed by atoms with Gasteiger partial charge < -0.3 is 25.0 Å². The summed E-state index contributed by atoms with van der Waals surface area (Å²) in [6, 6.07) is 1.10. The van der Waals surface area contributed by atoms with E-state index in [-0.39, 0.29) is 11.3 Å². The molecule has 1 heterocycles. The molecule has 0 aliphatic carbocycles. The molecule has 1 aromatic rings. The van der Waals surface area contributed by atoms with Crippen molar-refractivity contribution in [1.82, 2.24) is 4.57 Å². The highest BCUT2D eigenvalue weighted by Gasteiger charge is 2.23. The van der Waals surface area contributed by atoms with Gasteiger partial charge in [0.1, 0.15) is 12.2 Å². The standard InChI is InChI=1S/C12H13NO8/c14-9(15)2-6(3-10(16)17)7-1-8(12(20)21)13(4-7)5-11(18)19/h1,4,6H,2-3,5H2,(H,14,15)(H,16,17)(H,18,19)(H,20,21). The van der Waals surface area contributed by atoms with E-state index >= 15 is 0 Å². The second-order valence-corrected chi connectivity index (χ2v) is 4.38. The summed E-state index contributed by atoms with van der Waals surface area (Å²) in [6.07, 6.45) is 0.166. The van der Waals surface area contributed by atoms with Gasteiger partial charge in [-0.1, -0.05) is 0 Å². The van der Waals surface area contributed by atoms with Crippen molar-refractivity contribution in [3.63, 3.8) is 0 Å². The van der Waals surface area contributed by atoms with Gasteiger partial charge in [-0.2, -0.15) is 0 Å². The zero-order chi connectivity index (χ0) is 16.2. The van der Waals surface area contributed by atoms with Crippen molar-refractivity contribution in [2.24, 2.45) is 0 Å². The first kappa shape index (κ1) is 16.2. The van der Waals surface area contributed by atoms with E-state index < -0.39 is 49.2 Å². The molecule has 0 saturated heterocycles. The van der Waals surface area contributed by atoms with Crippen molar-refractivity contribution in [2.75, 3.05) is 0 Å². The lowest BCUT2D eigenvalue weighted by Crippen LogP contribution is -2.13. The van der Waals surface area contributed by atoms with Gasteiger partial charge in [0.05, 0.1) is 12.8 Å². The lowest BCUT2D eigenvalue weighted by molar-refractivity contribution is -0.140. The molecular weight excluding hydrogens is 286 g/mol. The number of carboxylic acid groups (broad SMARTS) is 4. The summed E-state index contributed by atoms with van der Waals surface area (Å²) in [5.41, 5.74) is -0.174. The minimum Gasteiger partial charge on any atom is -0.481 e. The third-order valence-corrected chi connectivity index (χ3v) is 2.76. The first-order chi connectivity index (χ1) is 9.70. The van der Waals surface area contributed by atoms with Crippen LogP contribution in [-0.2, 0) is 20.9 Å². The van der Waals surface area contributed by atoms with Gasteiger partial charge in [0, 0.05) is 12.1 Å². The number of aliphatic carboxylic acids is 3. The number of hydrogen-bond donors (Lipinski definition) is 4. The fourth-order valence-corrected chi connectivity index (χ4v) is 1.94. The molecule has 0 amide bonds. The molecule has 0 bridgehead atoms. The molecule has 0 spiro atoms. The van der Waals surface area contributed by atoms with Crippen LogP contribution < -0.4 is 0 Å². The SMILES string of the molecule is O=C(O)CC(CC(=O)O)c1cc(C(=O)O)n(CC(=O)O)c1. The average Bonchev–Trinajstić information content (AvgIpc) is 2.69. The third kappa shape index (κ3) is 4.64. The summed E-state index contributed by atoms with van der Waals surface area (Å²) in [7, 11) is 0. The Morgan fingerprint density at radius 2 is 1.48 bits per heavy atom. The molecule has 0 radical (unpaired) electrons. The highest BCUT2D eigenvalue weighted by molar-refractivity contribution is 5.87. The molecule has 0 aliphatic rings. The number of carbonyl (C=O) groups is 4. The van der Waals surface area contributed by atoms with Crippen LogP contribution in [0, 0.1) is 0 Å². The van der Waals surface area contributed by atoms with Crippen LogP contribution in [0.1, 0.15) is 34.8 Å². The molecular formula is C12H13NO8. The van der Waals surface area contributed by atoms with Crippen molar-refractivity contribution in [3.05, 3.63) is 23.5 Å². The van der Waals surface area contributed by atoms with Gasteiger partial charge in [-0.25, -0.2) is 4.79 Å². The Labute approximate surface area is 118 Å². The number of carboxylic acids is 4. The lowest BCUT2D eigenvalue weighted by atomic mass is 9.94. The smallest absolute Gasteiger partial charge is 0.352 e. The van der Waals surface area contributed by atoms with Crippen LogP contribution >= 0.6 is 0 Å². The summed E-state index contributed by atoms with van der Waals surface area (Å²) in [5.74, 6) is -6.05. The zero-order valence-electron chi connectivity index (χ0n) is 10.7. The maximum Gasteiger partial charge on any atom is 0.352 e. The van der Waals surface area contributed by atoms with Crippen LogP contribution in [0.5, 0.6) is 0 Å². The Kier molecular flexibility index (Phi) is 5.06. The van der Waals surface area contributed by atoms with E-state index in [9.17, 15) is 19.2 Å². The normalized spacial score (nSPS) is 10.5. The van der Waals surface area contributed by atoms with E-state index in [1.807, 2.05) is 0 Å². The number of aromatic carboxylic acids is 1. The van der Waals surface area contributed by atoms with Crippen LogP contribution in [0.25, 0.3) is 0 Å². The van der Waals surface area contributed by atoms with Crippen LogP contribution in [-0.4, -0.2) is 48.9 Å². The number of nitrogens with zero attached hydrogens (tertiary/aromatic N) is 1. The van der Waals surface area contributed by atoms with E-state index in [4.69, 9.17) is 20.4 Å². The van der Waals surface area contributed by atoms with Gasteiger partial charge in [0.2, 0.25) is 0 Å². The van der Waals surface area contributed by atoms with Crippen LogP contribution in [0.4, 0.5) is 0 Å². The molecule has 21 heavy (non-hydrogen) atoms. The second-order valence-electron chi connectivity index (χ2n) is 4.38. The second kappa shape index (κ2) is 6.55. The van der Waals surface area contributed by atoms with Crippen LogP contribution in [0.3, 0.4) is 0 Å².